The van der Waals surface area contributed by atoms with Crippen LogP contribution in [0.5, 0.6) is 0 Å². The molecule has 3 atom stereocenters. The van der Waals surface area contributed by atoms with Gasteiger partial charge in [0.05, 0.1) is 21.5 Å². The average Bonchev–Trinajstić information content (AvgIpc) is 3.18. The molecule has 2 amide bonds. The topological polar surface area (TPSA) is 88.3 Å². The van der Waals surface area contributed by atoms with Crippen LogP contribution < -0.4 is 5.32 Å². The summed E-state index contributed by atoms with van der Waals surface area (Å²) in [4.78, 5) is 38.3. The molecule has 0 radical (unpaired) electrons. The summed E-state index contributed by atoms with van der Waals surface area (Å²) in [6, 6.07) is 13.7. The van der Waals surface area contributed by atoms with Crippen molar-refractivity contribution < 1.29 is 14.0 Å². The molecule has 1 saturated carbocycles. The fraction of sp³-hybridized carbons (Fsp3) is 0.308. The van der Waals surface area contributed by atoms with E-state index >= 15 is 0 Å². The highest BCUT2D eigenvalue weighted by Gasteiger charge is 2.54. The molecular weight excluding hydrogens is 448 g/mol. The monoisotopic (exact) mass is 472 g/mol. The first kappa shape index (κ1) is 21.0. The number of carbonyl (C=O) groups is 2. The Labute approximate surface area is 200 Å². The molecular formula is C26H24N4O3S. The summed E-state index contributed by atoms with van der Waals surface area (Å²) in [5, 5.41) is 3.89. The van der Waals surface area contributed by atoms with Crippen LogP contribution >= 0.6 is 11.3 Å². The number of hydrogen-bond donors (Lipinski definition) is 1. The van der Waals surface area contributed by atoms with Gasteiger partial charge in [-0.25, -0.2) is 9.97 Å². The van der Waals surface area contributed by atoms with Gasteiger partial charge in [0.1, 0.15) is 11.2 Å². The summed E-state index contributed by atoms with van der Waals surface area (Å²) >= 11 is 1.55. The lowest BCUT2D eigenvalue weighted by Crippen LogP contribution is -2.45. The van der Waals surface area contributed by atoms with Crippen LogP contribution in [0.4, 0.5) is 0 Å². The number of nitrogens with one attached hydrogen (secondary N) is 1. The molecule has 34 heavy (non-hydrogen) atoms. The zero-order valence-corrected chi connectivity index (χ0v) is 19.8. The Morgan fingerprint density at radius 2 is 2.03 bits per heavy atom. The number of nitrogens with zero attached hydrogens (tertiary/aromatic N) is 3. The summed E-state index contributed by atoms with van der Waals surface area (Å²) in [6.07, 6.45) is 3.26. The van der Waals surface area contributed by atoms with E-state index < -0.39 is 0 Å². The van der Waals surface area contributed by atoms with Crippen LogP contribution in [0.1, 0.15) is 44.3 Å². The van der Waals surface area contributed by atoms with Crippen LogP contribution in [-0.4, -0.2) is 45.3 Å². The highest BCUT2D eigenvalue weighted by Crippen LogP contribution is 2.48. The van der Waals surface area contributed by atoms with Crippen molar-refractivity contribution in [2.45, 2.75) is 38.8 Å². The van der Waals surface area contributed by atoms with E-state index in [0.29, 0.717) is 34.8 Å². The Morgan fingerprint density at radius 3 is 2.88 bits per heavy atom. The molecule has 2 fully saturated rings. The molecule has 0 spiro atoms. The molecule has 1 aliphatic heterocycles. The maximum Gasteiger partial charge on any atom is 0.274 e. The number of piperidine rings is 1. The number of rotatable bonds is 5. The van der Waals surface area contributed by atoms with Gasteiger partial charge in [-0.05, 0) is 50.3 Å². The number of thiazole rings is 1. The van der Waals surface area contributed by atoms with Gasteiger partial charge in [0.15, 0.2) is 12.0 Å². The van der Waals surface area contributed by atoms with Crippen molar-refractivity contribution in [2.75, 3.05) is 6.54 Å². The van der Waals surface area contributed by atoms with Crippen molar-refractivity contribution in [1.29, 1.82) is 0 Å². The largest absolute Gasteiger partial charge is 0.443 e. The first-order valence-corrected chi connectivity index (χ1v) is 12.3. The van der Waals surface area contributed by atoms with Gasteiger partial charge in [0.2, 0.25) is 0 Å². The van der Waals surface area contributed by atoms with Crippen molar-refractivity contribution >= 4 is 34.3 Å². The zero-order chi connectivity index (χ0) is 23.4. The Balaban J connectivity index is 1.23. The number of fused-ring (bicyclic) bond motifs is 2. The molecule has 6 rings (SSSR count). The fourth-order valence-corrected chi connectivity index (χ4v) is 6.01. The van der Waals surface area contributed by atoms with Crippen molar-refractivity contribution in [3.05, 3.63) is 70.7 Å². The molecule has 7 nitrogen and oxygen atoms in total. The molecule has 2 aliphatic rings. The molecule has 0 bridgehead atoms. The summed E-state index contributed by atoms with van der Waals surface area (Å²) in [6.45, 7) is 4.38. The first-order chi connectivity index (χ1) is 16.5. The number of amides is 2. The Hall–Kier alpha value is -3.52. The van der Waals surface area contributed by atoms with Gasteiger partial charge in [-0.15, -0.1) is 11.3 Å². The van der Waals surface area contributed by atoms with E-state index in [9.17, 15) is 9.59 Å². The predicted octanol–water partition coefficient (Wildman–Crippen LogP) is 4.60. The molecule has 2 aromatic heterocycles. The first-order valence-electron chi connectivity index (χ1n) is 11.5. The minimum absolute atomic E-state index is 0.0394. The van der Waals surface area contributed by atoms with Crippen molar-refractivity contribution in [3.8, 4) is 10.4 Å². The van der Waals surface area contributed by atoms with E-state index in [1.807, 2.05) is 43.0 Å². The molecule has 1 N–H and O–H groups in total. The maximum absolute atomic E-state index is 13.8. The standard InChI is InChI=1S/C26H24N4O3S/c1-14-5-3-6-16(9-14)24-22(29-15(2)34-24)26(32)30-18(10-17-11-21(17)30)12-27-25(31)19-7-4-8-20-23(19)33-13-28-20/h3-9,13,17-18,21H,10-12H2,1-2H3,(H,27,31)/t17-,18+,21+/m1/s1. The van der Waals surface area contributed by atoms with Crippen LogP contribution in [-0.2, 0) is 0 Å². The molecule has 4 aromatic rings. The van der Waals surface area contributed by atoms with E-state index in [4.69, 9.17) is 4.42 Å². The molecule has 1 saturated heterocycles. The van der Waals surface area contributed by atoms with Crippen LogP contribution in [0.25, 0.3) is 21.5 Å². The third-order valence-electron chi connectivity index (χ3n) is 6.76. The summed E-state index contributed by atoms with van der Waals surface area (Å²) in [5.41, 5.74) is 4.26. The lowest BCUT2D eigenvalue weighted by molar-refractivity contribution is 0.0684. The SMILES string of the molecule is Cc1cccc(-c2sc(C)nc2C(=O)N2[C@H](CNC(=O)c3cccc4ncoc34)C[C@@H]3C[C@@H]32)c1. The summed E-state index contributed by atoms with van der Waals surface area (Å²) in [7, 11) is 0. The Kier molecular flexibility index (Phi) is 4.99. The molecule has 3 heterocycles. The van der Waals surface area contributed by atoms with Crippen molar-refractivity contribution in [3.63, 3.8) is 0 Å². The van der Waals surface area contributed by atoms with E-state index in [0.717, 1.165) is 33.9 Å². The van der Waals surface area contributed by atoms with E-state index in [2.05, 4.69) is 21.4 Å². The minimum atomic E-state index is -0.222. The number of likely N-dealkylation sites (tertiary alicyclic amines) is 1. The van der Waals surface area contributed by atoms with Gasteiger partial charge in [-0.1, -0.05) is 35.9 Å². The van der Waals surface area contributed by atoms with E-state index in [1.165, 1.54) is 6.39 Å². The molecule has 2 aromatic carbocycles. The van der Waals surface area contributed by atoms with Gasteiger partial charge >= 0.3 is 0 Å². The van der Waals surface area contributed by atoms with Gasteiger partial charge in [-0.2, -0.15) is 0 Å². The summed E-state index contributed by atoms with van der Waals surface area (Å²) < 4.78 is 5.41. The van der Waals surface area contributed by atoms with Gasteiger partial charge in [-0.3, -0.25) is 9.59 Å². The number of para-hydroxylation sites is 1. The lowest BCUT2D eigenvalue weighted by atomic mass is 10.1. The average molecular weight is 473 g/mol. The van der Waals surface area contributed by atoms with Crippen LogP contribution in [0.3, 0.4) is 0 Å². The second-order valence-corrected chi connectivity index (χ2v) is 10.4. The van der Waals surface area contributed by atoms with Gasteiger partial charge in [0, 0.05) is 12.6 Å². The van der Waals surface area contributed by atoms with Gasteiger partial charge in [0.25, 0.3) is 11.8 Å². The molecule has 8 heteroatoms. The normalized spacial score (nSPS) is 21.0. The second-order valence-electron chi connectivity index (χ2n) is 9.16. The van der Waals surface area contributed by atoms with Crippen LogP contribution in [0.15, 0.2) is 53.3 Å². The number of aromatic nitrogens is 2. The number of hydrogen-bond acceptors (Lipinski definition) is 6. The smallest absolute Gasteiger partial charge is 0.274 e. The quantitative estimate of drug-likeness (QED) is 0.459. The number of oxazole rings is 1. The number of carbonyl (C=O) groups excluding carboxylic acids is 2. The Bertz CT molecular complexity index is 1420. The highest BCUT2D eigenvalue weighted by atomic mass is 32.1. The third-order valence-corrected chi connectivity index (χ3v) is 7.78. The highest BCUT2D eigenvalue weighted by molar-refractivity contribution is 7.15. The second kappa shape index (κ2) is 8.06. The molecule has 0 unspecified atom stereocenters. The molecule has 1 aliphatic carbocycles. The van der Waals surface area contributed by atoms with Crippen molar-refractivity contribution in [1.82, 2.24) is 20.2 Å². The van der Waals surface area contributed by atoms with Crippen LogP contribution in [0.2, 0.25) is 0 Å². The van der Waals surface area contributed by atoms with Gasteiger partial charge < -0.3 is 14.6 Å². The summed E-state index contributed by atoms with van der Waals surface area (Å²) in [5.74, 6) is 0.244. The maximum atomic E-state index is 13.8. The van der Waals surface area contributed by atoms with E-state index in [-0.39, 0.29) is 23.9 Å². The predicted molar refractivity (Wildman–Crippen MR) is 130 cm³/mol. The zero-order valence-electron chi connectivity index (χ0n) is 18.9. The third kappa shape index (κ3) is 3.58. The lowest BCUT2D eigenvalue weighted by Gasteiger charge is -2.27. The van der Waals surface area contributed by atoms with Crippen molar-refractivity contribution in [2.24, 2.45) is 5.92 Å². The van der Waals surface area contributed by atoms with E-state index in [1.54, 1.807) is 23.5 Å². The Morgan fingerprint density at radius 1 is 1.18 bits per heavy atom. The molecule has 172 valence electrons. The van der Waals surface area contributed by atoms with Crippen LogP contribution in [0, 0.1) is 19.8 Å². The fourth-order valence-electron chi connectivity index (χ4n) is 5.10. The number of aryl methyl sites for hydroxylation is 2. The number of benzene rings is 2. The minimum Gasteiger partial charge on any atom is -0.443 e.